The Kier molecular flexibility index (Phi) is 4.23. The lowest BCUT2D eigenvalue weighted by Crippen LogP contribution is -2.15. The molecule has 2 heteroatoms. The summed E-state index contributed by atoms with van der Waals surface area (Å²) in [6.07, 6.45) is 3.61. The van der Waals surface area contributed by atoms with Crippen molar-refractivity contribution in [2.24, 2.45) is 5.92 Å². The quantitative estimate of drug-likeness (QED) is 0.822. The Bertz CT molecular complexity index is 301. The average Bonchev–Trinajstić information content (AvgIpc) is 2.82. The summed E-state index contributed by atoms with van der Waals surface area (Å²) in [6, 6.07) is 8.53. The van der Waals surface area contributed by atoms with Gasteiger partial charge in [0, 0.05) is 12.5 Å². The topological polar surface area (TPSA) is 21.3 Å². The van der Waals surface area contributed by atoms with Crippen molar-refractivity contribution < 1.29 is 4.74 Å². The van der Waals surface area contributed by atoms with Gasteiger partial charge < -0.3 is 10.1 Å². The van der Waals surface area contributed by atoms with Gasteiger partial charge >= 0.3 is 0 Å². The molecule has 0 aliphatic carbocycles. The van der Waals surface area contributed by atoms with Crippen LogP contribution in [0.4, 0.5) is 0 Å². The van der Waals surface area contributed by atoms with Gasteiger partial charge in [-0.3, -0.25) is 0 Å². The smallest absolute Gasteiger partial charge is 0.119 e. The summed E-state index contributed by atoms with van der Waals surface area (Å²) >= 11 is 0. The van der Waals surface area contributed by atoms with Crippen molar-refractivity contribution in [3.63, 3.8) is 0 Å². The van der Waals surface area contributed by atoms with Crippen LogP contribution in [0.2, 0.25) is 0 Å². The molecule has 2 rings (SSSR count). The molecule has 1 aromatic rings. The number of nitrogens with one attached hydrogen (secondary N) is 1. The Morgan fingerprint density at radius 1 is 1.31 bits per heavy atom. The molecule has 0 amide bonds. The molecule has 1 N–H and O–H groups in total. The van der Waals surface area contributed by atoms with Gasteiger partial charge in [0.2, 0.25) is 0 Å². The first-order valence-electron chi connectivity index (χ1n) is 6.31. The van der Waals surface area contributed by atoms with Gasteiger partial charge in [-0.2, -0.15) is 0 Å². The Hall–Kier alpha value is -1.02. The SMILES string of the molecule is CCCc1ccc(OCC2CCNC2)cc1. The molecule has 1 aliphatic heterocycles. The Morgan fingerprint density at radius 2 is 2.12 bits per heavy atom. The third-order valence-electron chi connectivity index (χ3n) is 3.11. The van der Waals surface area contributed by atoms with E-state index in [0.717, 1.165) is 31.9 Å². The van der Waals surface area contributed by atoms with Crippen LogP contribution in [0.3, 0.4) is 0 Å². The zero-order chi connectivity index (χ0) is 11.2. The van der Waals surface area contributed by atoms with E-state index >= 15 is 0 Å². The van der Waals surface area contributed by atoms with Crippen LogP contribution in [0, 0.1) is 5.92 Å². The predicted octanol–water partition coefficient (Wildman–Crippen LogP) is 2.63. The zero-order valence-electron chi connectivity index (χ0n) is 10.0. The molecule has 0 bridgehead atoms. The molecule has 88 valence electrons. The maximum absolute atomic E-state index is 5.78. The molecule has 1 fully saturated rings. The van der Waals surface area contributed by atoms with Gasteiger partial charge in [-0.05, 0) is 37.1 Å². The van der Waals surface area contributed by atoms with Crippen LogP contribution in [-0.2, 0) is 6.42 Å². The lowest BCUT2D eigenvalue weighted by Gasteiger charge is -2.11. The Morgan fingerprint density at radius 3 is 2.75 bits per heavy atom. The fourth-order valence-corrected chi connectivity index (χ4v) is 2.11. The van der Waals surface area contributed by atoms with Crippen molar-refractivity contribution >= 4 is 0 Å². The molecule has 1 saturated heterocycles. The van der Waals surface area contributed by atoms with Crippen molar-refractivity contribution in [3.8, 4) is 5.75 Å². The molecule has 1 heterocycles. The normalized spacial score (nSPS) is 19.9. The lowest BCUT2D eigenvalue weighted by molar-refractivity contribution is 0.260. The highest BCUT2D eigenvalue weighted by molar-refractivity contribution is 5.27. The summed E-state index contributed by atoms with van der Waals surface area (Å²) in [5.74, 6) is 1.70. The third kappa shape index (κ3) is 3.24. The molecule has 16 heavy (non-hydrogen) atoms. The highest BCUT2D eigenvalue weighted by Crippen LogP contribution is 2.16. The van der Waals surface area contributed by atoms with E-state index in [4.69, 9.17) is 4.74 Å². The minimum Gasteiger partial charge on any atom is -0.493 e. The van der Waals surface area contributed by atoms with Crippen LogP contribution >= 0.6 is 0 Å². The second-order valence-electron chi connectivity index (χ2n) is 4.56. The fraction of sp³-hybridized carbons (Fsp3) is 0.571. The van der Waals surface area contributed by atoms with E-state index in [1.165, 1.54) is 18.4 Å². The summed E-state index contributed by atoms with van der Waals surface area (Å²) in [4.78, 5) is 0. The minimum absolute atomic E-state index is 0.690. The van der Waals surface area contributed by atoms with E-state index in [0.29, 0.717) is 5.92 Å². The number of hydrogen-bond donors (Lipinski definition) is 1. The molecule has 1 unspecified atom stereocenters. The van der Waals surface area contributed by atoms with Crippen LogP contribution in [0.25, 0.3) is 0 Å². The van der Waals surface area contributed by atoms with E-state index in [9.17, 15) is 0 Å². The van der Waals surface area contributed by atoms with Crippen LogP contribution in [0.15, 0.2) is 24.3 Å². The summed E-state index contributed by atoms with van der Waals surface area (Å²) in [7, 11) is 0. The number of hydrogen-bond acceptors (Lipinski definition) is 2. The summed E-state index contributed by atoms with van der Waals surface area (Å²) in [6.45, 7) is 5.30. The predicted molar refractivity (Wildman–Crippen MR) is 66.9 cm³/mol. The third-order valence-corrected chi connectivity index (χ3v) is 3.11. The number of benzene rings is 1. The van der Waals surface area contributed by atoms with Gasteiger partial charge in [0.1, 0.15) is 5.75 Å². The van der Waals surface area contributed by atoms with Gasteiger partial charge in [0.25, 0.3) is 0 Å². The largest absolute Gasteiger partial charge is 0.493 e. The molecule has 0 aromatic heterocycles. The Labute approximate surface area is 98.0 Å². The maximum atomic E-state index is 5.78. The van der Waals surface area contributed by atoms with E-state index in [1.54, 1.807) is 0 Å². The van der Waals surface area contributed by atoms with Gasteiger partial charge in [0.05, 0.1) is 6.61 Å². The van der Waals surface area contributed by atoms with E-state index in [2.05, 4.69) is 36.5 Å². The molecule has 1 aliphatic rings. The first kappa shape index (κ1) is 11.5. The van der Waals surface area contributed by atoms with Crippen molar-refractivity contribution in [3.05, 3.63) is 29.8 Å². The Balaban J connectivity index is 1.80. The molecule has 0 saturated carbocycles. The van der Waals surface area contributed by atoms with Gasteiger partial charge in [0.15, 0.2) is 0 Å². The minimum atomic E-state index is 0.690. The standard InChI is InChI=1S/C14H21NO/c1-2-3-12-4-6-14(7-5-12)16-11-13-8-9-15-10-13/h4-7,13,15H,2-3,8-11H2,1H3. The highest BCUT2D eigenvalue weighted by atomic mass is 16.5. The van der Waals surface area contributed by atoms with Crippen LogP contribution in [-0.4, -0.2) is 19.7 Å². The number of ether oxygens (including phenoxy) is 1. The second-order valence-corrected chi connectivity index (χ2v) is 4.56. The van der Waals surface area contributed by atoms with E-state index in [1.807, 2.05) is 0 Å². The highest BCUT2D eigenvalue weighted by Gasteiger charge is 2.14. The molecular formula is C14H21NO. The van der Waals surface area contributed by atoms with Crippen LogP contribution in [0.1, 0.15) is 25.3 Å². The average molecular weight is 219 g/mol. The van der Waals surface area contributed by atoms with Gasteiger partial charge in [-0.1, -0.05) is 25.5 Å². The van der Waals surface area contributed by atoms with E-state index in [-0.39, 0.29) is 0 Å². The van der Waals surface area contributed by atoms with Crippen molar-refractivity contribution in [1.82, 2.24) is 5.32 Å². The molecule has 1 atom stereocenters. The van der Waals surface area contributed by atoms with Gasteiger partial charge in [-0.25, -0.2) is 0 Å². The number of rotatable bonds is 5. The lowest BCUT2D eigenvalue weighted by atomic mass is 10.1. The molecule has 1 aromatic carbocycles. The molecular weight excluding hydrogens is 198 g/mol. The number of aryl methyl sites for hydroxylation is 1. The van der Waals surface area contributed by atoms with Gasteiger partial charge in [-0.15, -0.1) is 0 Å². The van der Waals surface area contributed by atoms with E-state index < -0.39 is 0 Å². The maximum Gasteiger partial charge on any atom is 0.119 e. The van der Waals surface area contributed by atoms with Crippen LogP contribution < -0.4 is 10.1 Å². The first-order valence-corrected chi connectivity index (χ1v) is 6.31. The zero-order valence-corrected chi connectivity index (χ0v) is 10.0. The van der Waals surface area contributed by atoms with Crippen molar-refractivity contribution in [2.45, 2.75) is 26.2 Å². The fourth-order valence-electron chi connectivity index (χ4n) is 2.11. The van der Waals surface area contributed by atoms with Crippen molar-refractivity contribution in [2.75, 3.05) is 19.7 Å². The first-order chi connectivity index (χ1) is 7.88. The molecule has 2 nitrogen and oxygen atoms in total. The monoisotopic (exact) mass is 219 g/mol. The summed E-state index contributed by atoms with van der Waals surface area (Å²) in [5.41, 5.74) is 1.40. The second kappa shape index (κ2) is 5.90. The van der Waals surface area contributed by atoms with Crippen molar-refractivity contribution in [1.29, 1.82) is 0 Å². The molecule has 0 spiro atoms. The summed E-state index contributed by atoms with van der Waals surface area (Å²) < 4.78 is 5.78. The van der Waals surface area contributed by atoms with Crippen LogP contribution in [0.5, 0.6) is 5.75 Å². The summed E-state index contributed by atoms with van der Waals surface area (Å²) in [5, 5.41) is 3.35. The molecule has 0 radical (unpaired) electrons.